The first-order chi connectivity index (χ1) is 10.9. The lowest BCUT2D eigenvalue weighted by atomic mass is 10.1. The predicted octanol–water partition coefficient (Wildman–Crippen LogP) is 1.49. The number of nitrogens with one attached hydrogen (secondary N) is 1. The van der Waals surface area contributed by atoms with Crippen LogP contribution >= 0.6 is 0 Å². The average Bonchev–Trinajstić information content (AvgIpc) is 3.28. The second kappa shape index (κ2) is 6.14. The molecule has 116 valence electrons. The minimum atomic E-state index is 0.147. The van der Waals surface area contributed by atoms with Gasteiger partial charge in [-0.15, -0.1) is 5.10 Å². The minimum absolute atomic E-state index is 0.147. The molecule has 1 aliphatic heterocycles. The van der Waals surface area contributed by atoms with Crippen LogP contribution in [0, 0.1) is 5.92 Å². The molecule has 0 radical (unpaired) electrons. The standard InChI is InChI=1S/C16H21N5O/c1-2-13(8-17-6-1)10-22-11-14-16-15(5-7-18-14)21(20-19-16)9-12-3-4-12/h1-2,6,8,12,14,18H,3-5,7,9-11H2/t14-/m1/s1. The Morgan fingerprint density at radius 3 is 3.14 bits per heavy atom. The molecule has 1 saturated carbocycles. The molecule has 3 heterocycles. The normalized spacial score (nSPS) is 20.8. The molecule has 0 aromatic carbocycles. The van der Waals surface area contributed by atoms with Crippen LogP contribution < -0.4 is 5.32 Å². The molecule has 0 bridgehead atoms. The van der Waals surface area contributed by atoms with Crippen molar-refractivity contribution in [2.24, 2.45) is 5.92 Å². The van der Waals surface area contributed by atoms with Crippen LogP contribution in [0.4, 0.5) is 0 Å². The molecule has 0 unspecified atom stereocenters. The Morgan fingerprint density at radius 2 is 2.32 bits per heavy atom. The molecule has 2 aromatic rings. The fourth-order valence-corrected chi connectivity index (χ4v) is 2.94. The van der Waals surface area contributed by atoms with Gasteiger partial charge in [-0.1, -0.05) is 11.3 Å². The zero-order valence-electron chi connectivity index (χ0n) is 12.6. The van der Waals surface area contributed by atoms with Gasteiger partial charge in [0.05, 0.1) is 24.9 Å². The average molecular weight is 299 g/mol. The second-order valence-corrected chi connectivity index (χ2v) is 6.18. The first kappa shape index (κ1) is 13.8. The van der Waals surface area contributed by atoms with E-state index in [1.54, 1.807) is 6.20 Å². The minimum Gasteiger partial charge on any atom is -0.375 e. The van der Waals surface area contributed by atoms with E-state index in [9.17, 15) is 0 Å². The summed E-state index contributed by atoms with van der Waals surface area (Å²) in [6.45, 7) is 3.19. The van der Waals surface area contributed by atoms with Crippen LogP contribution in [0.15, 0.2) is 24.5 Å². The summed E-state index contributed by atoms with van der Waals surface area (Å²) >= 11 is 0. The van der Waals surface area contributed by atoms with Crippen LogP contribution in [-0.2, 0) is 24.3 Å². The number of ether oxygens (including phenoxy) is 1. The van der Waals surface area contributed by atoms with Gasteiger partial charge in [0.2, 0.25) is 0 Å². The Morgan fingerprint density at radius 1 is 1.36 bits per heavy atom. The zero-order valence-corrected chi connectivity index (χ0v) is 12.6. The summed E-state index contributed by atoms with van der Waals surface area (Å²) in [5.74, 6) is 0.820. The van der Waals surface area contributed by atoms with Gasteiger partial charge in [-0.2, -0.15) is 0 Å². The van der Waals surface area contributed by atoms with Gasteiger partial charge in [0.15, 0.2) is 0 Å². The van der Waals surface area contributed by atoms with Crippen LogP contribution in [-0.4, -0.2) is 33.1 Å². The number of hydrogen-bond acceptors (Lipinski definition) is 5. The van der Waals surface area contributed by atoms with E-state index in [-0.39, 0.29) is 6.04 Å². The quantitative estimate of drug-likeness (QED) is 0.875. The Bertz CT molecular complexity index is 623. The maximum atomic E-state index is 5.84. The van der Waals surface area contributed by atoms with Crippen molar-refractivity contribution < 1.29 is 4.74 Å². The summed E-state index contributed by atoms with van der Waals surface area (Å²) in [7, 11) is 0. The zero-order chi connectivity index (χ0) is 14.8. The van der Waals surface area contributed by atoms with Gasteiger partial charge in [-0.05, 0) is 30.4 Å². The lowest BCUT2D eigenvalue weighted by Gasteiger charge is -2.23. The Kier molecular flexibility index (Phi) is 3.86. The van der Waals surface area contributed by atoms with E-state index in [2.05, 4.69) is 25.3 Å². The molecule has 6 nitrogen and oxygen atoms in total. The fraction of sp³-hybridized carbons (Fsp3) is 0.562. The van der Waals surface area contributed by atoms with E-state index in [0.717, 1.165) is 36.7 Å². The van der Waals surface area contributed by atoms with E-state index < -0.39 is 0 Å². The van der Waals surface area contributed by atoms with Crippen LogP contribution in [0.2, 0.25) is 0 Å². The first-order valence-corrected chi connectivity index (χ1v) is 8.02. The lowest BCUT2D eigenvalue weighted by Crippen LogP contribution is -2.33. The molecule has 0 saturated heterocycles. The number of fused-ring (bicyclic) bond motifs is 1. The van der Waals surface area contributed by atoms with E-state index >= 15 is 0 Å². The fourth-order valence-electron chi connectivity index (χ4n) is 2.94. The summed E-state index contributed by atoms with van der Waals surface area (Å²) < 4.78 is 7.95. The van der Waals surface area contributed by atoms with Crippen LogP contribution in [0.1, 0.15) is 35.8 Å². The maximum absolute atomic E-state index is 5.84. The number of rotatable bonds is 6. The van der Waals surface area contributed by atoms with Crippen molar-refractivity contribution in [1.82, 2.24) is 25.3 Å². The Labute approximate surface area is 129 Å². The highest BCUT2D eigenvalue weighted by Crippen LogP contribution is 2.31. The Balaban J connectivity index is 1.38. The molecule has 0 amide bonds. The largest absolute Gasteiger partial charge is 0.375 e. The molecule has 1 N–H and O–H groups in total. The van der Waals surface area contributed by atoms with Crippen LogP contribution in [0.5, 0.6) is 0 Å². The van der Waals surface area contributed by atoms with E-state index in [0.29, 0.717) is 13.2 Å². The number of nitrogens with zero attached hydrogens (tertiary/aromatic N) is 4. The van der Waals surface area contributed by atoms with Gasteiger partial charge >= 0.3 is 0 Å². The molecular weight excluding hydrogens is 278 g/mol. The summed E-state index contributed by atoms with van der Waals surface area (Å²) in [5.41, 5.74) is 3.45. The van der Waals surface area contributed by atoms with Gasteiger partial charge in [0.25, 0.3) is 0 Å². The molecule has 1 aliphatic carbocycles. The molecule has 2 aliphatic rings. The molecular formula is C16H21N5O. The van der Waals surface area contributed by atoms with Crippen molar-refractivity contribution in [2.75, 3.05) is 13.2 Å². The maximum Gasteiger partial charge on any atom is 0.105 e. The van der Waals surface area contributed by atoms with Crippen molar-refractivity contribution in [1.29, 1.82) is 0 Å². The first-order valence-electron chi connectivity index (χ1n) is 8.02. The van der Waals surface area contributed by atoms with E-state index in [1.807, 2.05) is 18.3 Å². The highest BCUT2D eigenvalue weighted by Gasteiger charge is 2.29. The third-order valence-corrected chi connectivity index (χ3v) is 4.35. The monoisotopic (exact) mass is 299 g/mol. The highest BCUT2D eigenvalue weighted by molar-refractivity contribution is 5.19. The van der Waals surface area contributed by atoms with Crippen molar-refractivity contribution in [3.8, 4) is 0 Å². The van der Waals surface area contributed by atoms with Crippen molar-refractivity contribution in [2.45, 2.75) is 38.5 Å². The molecule has 2 aromatic heterocycles. The number of hydrogen-bond donors (Lipinski definition) is 1. The van der Waals surface area contributed by atoms with Crippen molar-refractivity contribution in [3.05, 3.63) is 41.5 Å². The predicted molar refractivity (Wildman–Crippen MR) is 81.1 cm³/mol. The number of aromatic nitrogens is 4. The molecule has 22 heavy (non-hydrogen) atoms. The molecule has 1 atom stereocenters. The summed E-state index contributed by atoms with van der Waals surface area (Å²) in [6.07, 6.45) is 7.30. The van der Waals surface area contributed by atoms with Gasteiger partial charge in [-0.3, -0.25) is 4.98 Å². The Hall–Kier alpha value is -1.79. The second-order valence-electron chi connectivity index (χ2n) is 6.18. The summed E-state index contributed by atoms with van der Waals surface area (Å²) in [6, 6.07) is 4.10. The summed E-state index contributed by atoms with van der Waals surface area (Å²) in [5, 5.41) is 12.2. The van der Waals surface area contributed by atoms with Crippen molar-refractivity contribution in [3.63, 3.8) is 0 Å². The van der Waals surface area contributed by atoms with E-state index in [1.165, 1.54) is 18.5 Å². The number of pyridine rings is 1. The topological polar surface area (TPSA) is 64.9 Å². The molecule has 1 fully saturated rings. The summed E-state index contributed by atoms with van der Waals surface area (Å²) in [4.78, 5) is 4.10. The van der Waals surface area contributed by atoms with Crippen molar-refractivity contribution >= 4 is 0 Å². The lowest BCUT2D eigenvalue weighted by molar-refractivity contribution is 0.0955. The van der Waals surface area contributed by atoms with E-state index in [4.69, 9.17) is 4.74 Å². The highest BCUT2D eigenvalue weighted by atomic mass is 16.5. The third-order valence-electron chi connectivity index (χ3n) is 4.35. The van der Waals surface area contributed by atoms with Crippen LogP contribution in [0.3, 0.4) is 0 Å². The SMILES string of the molecule is c1cncc(COC[C@H]2NCCc3c2nnn3CC2CC2)c1. The smallest absolute Gasteiger partial charge is 0.105 e. The molecule has 6 heteroatoms. The van der Waals surface area contributed by atoms with Gasteiger partial charge in [-0.25, -0.2) is 4.68 Å². The van der Waals surface area contributed by atoms with Crippen LogP contribution in [0.25, 0.3) is 0 Å². The van der Waals surface area contributed by atoms with Gasteiger partial charge < -0.3 is 10.1 Å². The molecule has 0 spiro atoms. The van der Waals surface area contributed by atoms with Gasteiger partial charge in [0.1, 0.15) is 5.69 Å². The van der Waals surface area contributed by atoms with Gasteiger partial charge in [0, 0.05) is 31.9 Å². The molecule has 4 rings (SSSR count). The third kappa shape index (κ3) is 3.03.